The zero-order valence-corrected chi connectivity index (χ0v) is 10.2. The van der Waals surface area contributed by atoms with Crippen molar-refractivity contribution in [3.05, 3.63) is 0 Å². The molecule has 0 bridgehead atoms. The topological polar surface area (TPSA) is 12.0 Å². The molecule has 1 nitrogen and oxygen atoms in total. The summed E-state index contributed by atoms with van der Waals surface area (Å²) in [6.45, 7) is 12.0. The van der Waals surface area contributed by atoms with Gasteiger partial charge < -0.3 is 5.32 Å². The van der Waals surface area contributed by atoms with Gasteiger partial charge in [-0.3, -0.25) is 0 Å². The minimum Gasteiger partial charge on any atom is -0.317 e. The number of rotatable bonds is 3. The SMILES string of the molecule is CCNCC1C(C)(C)C12CCC(C)C2. The van der Waals surface area contributed by atoms with Crippen molar-refractivity contribution in [2.75, 3.05) is 13.1 Å². The Kier molecular flexibility index (Phi) is 2.42. The Morgan fingerprint density at radius 2 is 2.07 bits per heavy atom. The first-order chi connectivity index (χ1) is 6.54. The lowest BCUT2D eigenvalue weighted by Gasteiger charge is -2.12. The quantitative estimate of drug-likeness (QED) is 0.730. The summed E-state index contributed by atoms with van der Waals surface area (Å²) < 4.78 is 0. The van der Waals surface area contributed by atoms with Crippen LogP contribution in [0.1, 0.15) is 47.0 Å². The first-order valence-corrected chi connectivity index (χ1v) is 6.25. The van der Waals surface area contributed by atoms with E-state index in [4.69, 9.17) is 0 Å². The van der Waals surface area contributed by atoms with Gasteiger partial charge in [0, 0.05) is 0 Å². The fourth-order valence-corrected chi connectivity index (χ4v) is 4.03. The molecule has 0 amide bonds. The molecule has 1 spiro atoms. The average molecular weight is 195 g/mol. The van der Waals surface area contributed by atoms with Crippen LogP contribution in [0.5, 0.6) is 0 Å². The Labute approximate surface area is 88.7 Å². The van der Waals surface area contributed by atoms with Crippen LogP contribution < -0.4 is 5.32 Å². The minimum atomic E-state index is 0.611. The number of nitrogens with one attached hydrogen (secondary N) is 1. The second kappa shape index (κ2) is 3.23. The summed E-state index contributed by atoms with van der Waals surface area (Å²) in [4.78, 5) is 0. The second-order valence-corrected chi connectivity index (χ2v) is 6.09. The Bertz CT molecular complexity index is 221. The molecular weight excluding hydrogens is 170 g/mol. The Morgan fingerprint density at radius 3 is 2.57 bits per heavy atom. The summed E-state index contributed by atoms with van der Waals surface area (Å²) in [6, 6.07) is 0. The maximum Gasteiger partial charge on any atom is -0.000979 e. The normalized spacial score (nSPS) is 44.6. The molecule has 14 heavy (non-hydrogen) atoms. The third kappa shape index (κ3) is 1.25. The van der Waals surface area contributed by atoms with Crippen LogP contribution in [-0.4, -0.2) is 13.1 Å². The Balaban J connectivity index is 2.00. The Morgan fingerprint density at radius 1 is 1.36 bits per heavy atom. The van der Waals surface area contributed by atoms with Gasteiger partial charge in [0.1, 0.15) is 0 Å². The summed E-state index contributed by atoms with van der Waals surface area (Å²) in [7, 11) is 0. The predicted octanol–water partition coefficient (Wildman–Crippen LogP) is 3.06. The lowest BCUT2D eigenvalue weighted by Crippen LogP contribution is -2.18. The van der Waals surface area contributed by atoms with Gasteiger partial charge >= 0.3 is 0 Å². The van der Waals surface area contributed by atoms with E-state index in [9.17, 15) is 0 Å². The monoisotopic (exact) mass is 195 g/mol. The molecule has 3 atom stereocenters. The minimum absolute atomic E-state index is 0.611. The molecule has 1 heteroatoms. The largest absolute Gasteiger partial charge is 0.317 e. The smallest absolute Gasteiger partial charge is 0.000979 e. The highest BCUT2D eigenvalue weighted by Gasteiger charge is 2.70. The van der Waals surface area contributed by atoms with Crippen LogP contribution in [-0.2, 0) is 0 Å². The summed E-state index contributed by atoms with van der Waals surface area (Å²) in [5, 5.41) is 3.53. The van der Waals surface area contributed by atoms with E-state index < -0.39 is 0 Å². The van der Waals surface area contributed by atoms with Crippen molar-refractivity contribution in [2.24, 2.45) is 22.7 Å². The molecule has 2 saturated carbocycles. The Hall–Kier alpha value is -0.0400. The number of hydrogen-bond donors (Lipinski definition) is 1. The van der Waals surface area contributed by atoms with Gasteiger partial charge in [0.2, 0.25) is 0 Å². The van der Waals surface area contributed by atoms with Gasteiger partial charge in [-0.05, 0) is 48.6 Å². The fraction of sp³-hybridized carbons (Fsp3) is 1.00. The molecule has 0 aromatic rings. The summed E-state index contributed by atoms with van der Waals surface area (Å²) >= 11 is 0. The van der Waals surface area contributed by atoms with E-state index in [1.54, 1.807) is 0 Å². The summed E-state index contributed by atoms with van der Waals surface area (Å²) in [5.41, 5.74) is 1.33. The molecule has 2 rings (SSSR count). The molecule has 0 aromatic heterocycles. The highest BCUT2D eigenvalue weighted by molar-refractivity contribution is 5.19. The molecular formula is C13H25N. The van der Waals surface area contributed by atoms with Gasteiger partial charge in [-0.25, -0.2) is 0 Å². The van der Waals surface area contributed by atoms with Crippen molar-refractivity contribution in [2.45, 2.75) is 47.0 Å². The molecule has 0 radical (unpaired) electrons. The third-order valence-electron chi connectivity index (χ3n) is 5.13. The lowest BCUT2D eigenvalue weighted by atomic mass is 9.93. The summed E-state index contributed by atoms with van der Waals surface area (Å²) in [6.07, 6.45) is 4.43. The number of hydrogen-bond acceptors (Lipinski definition) is 1. The predicted molar refractivity (Wildman–Crippen MR) is 61.3 cm³/mol. The van der Waals surface area contributed by atoms with E-state index in [1.807, 2.05) is 0 Å². The molecule has 0 saturated heterocycles. The van der Waals surface area contributed by atoms with Gasteiger partial charge in [-0.2, -0.15) is 0 Å². The molecule has 3 unspecified atom stereocenters. The van der Waals surface area contributed by atoms with E-state index in [-0.39, 0.29) is 0 Å². The van der Waals surface area contributed by atoms with Crippen LogP contribution in [0, 0.1) is 22.7 Å². The molecule has 1 N–H and O–H groups in total. The molecule has 82 valence electrons. The zero-order chi connectivity index (χ0) is 10.4. The zero-order valence-electron chi connectivity index (χ0n) is 10.2. The van der Waals surface area contributed by atoms with Crippen molar-refractivity contribution in [3.63, 3.8) is 0 Å². The molecule has 2 aliphatic carbocycles. The lowest BCUT2D eigenvalue weighted by molar-refractivity contribution is 0.377. The van der Waals surface area contributed by atoms with Gasteiger partial charge in [-0.1, -0.05) is 34.1 Å². The van der Waals surface area contributed by atoms with Crippen LogP contribution in [0.3, 0.4) is 0 Å². The van der Waals surface area contributed by atoms with Crippen LogP contribution in [0.2, 0.25) is 0 Å². The molecule has 0 aromatic carbocycles. The maximum absolute atomic E-state index is 3.53. The van der Waals surface area contributed by atoms with Crippen molar-refractivity contribution in [1.29, 1.82) is 0 Å². The second-order valence-electron chi connectivity index (χ2n) is 6.09. The first-order valence-electron chi connectivity index (χ1n) is 6.25. The van der Waals surface area contributed by atoms with Crippen LogP contribution in [0.15, 0.2) is 0 Å². The molecule has 2 fully saturated rings. The fourth-order valence-electron chi connectivity index (χ4n) is 4.03. The molecule has 0 heterocycles. The van der Waals surface area contributed by atoms with Crippen LogP contribution >= 0.6 is 0 Å². The van der Waals surface area contributed by atoms with E-state index in [1.165, 1.54) is 25.8 Å². The van der Waals surface area contributed by atoms with Crippen LogP contribution in [0.25, 0.3) is 0 Å². The van der Waals surface area contributed by atoms with Gasteiger partial charge in [0.15, 0.2) is 0 Å². The van der Waals surface area contributed by atoms with E-state index in [2.05, 4.69) is 33.0 Å². The van der Waals surface area contributed by atoms with Crippen molar-refractivity contribution in [1.82, 2.24) is 5.32 Å². The maximum atomic E-state index is 3.53. The van der Waals surface area contributed by atoms with E-state index >= 15 is 0 Å². The van der Waals surface area contributed by atoms with Gasteiger partial charge in [0.25, 0.3) is 0 Å². The van der Waals surface area contributed by atoms with E-state index in [0.29, 0.717) is 10.8 Å². The standard InChI is InChI=1S/C13H25N/c1-5-14-9-11-12(3,4)13(11)7-6-10(2)8-13/h10-11,14H,5-9H2,1-4H3. The highest BCUT2D eigenvalue weighted by Crippen LogP contribution is 2.76. The van der Waals surface area contributed by atoms with Gasteiger partial charge in [0.05, 0.1) is 0 Å². The van der Waals surface area contributed by atoms with E-state index in [0.717, 1.165) is 18.4 Å². The average Bonchev–Trinajstić information content (AvgIpc) is 2.48. The first kappa shape index (κ1) is 10.5. The highest BCUT2D eigenvalue weighted by atomic mass is 14.9. The third-order valence-corrected chi connectivity index (χ3v) is 5.13. The van der Waals surface area contributed by atoms with Crippen molar-refractivity contribution >= 4 is 0 Å². The summed E-state index contributed by atoms with van der Waals surface area (Å²) in [5.74, 6) is 1.92. The van der Waals surface area contributed by atoms with Crippen molar-refractivity contribution in [3.8, 4) is 0 Å². The molecule has 2 aliphatic rings. The van der Waals surface area contributed by atoms with Crippen molar-refractivity contribution < 1.29 is 0 Å². The van der Waals surface area contributed by atoms with Gasteiger partial charge in [-0.15, -0.1) is 0 Å². The van der Waals surface area contributed by atoms with Crippen LogP contribution in [0.4, 0.5) is 0 Å². The molecule has 0 aliphatic heterocycles.